The summed E-state index contributed by atoms with van der Waals surface area (Å²) in [6, 6.07) is 9.22. The zero-order chi connectivity index (χ0) is 13.8. The van der Waals surface area contributed by atoms with Gasteiger partial charge < -0.3 is 14.9 Å². The van der Waals surface area contributed by atoms with Gasteiger partial charge in [-0.3, -0.25) is 4.79 Å². The quantitative estimate of drug-likeness (QED) is 0.879. The summed E-state index contributed by atoms with van der Waals surface area (Å²) in [5.74, 6) is 1.40. The highest BCUT2D eigenvalue weighted by Gasteiger charge is 2.10. The molecule has 2 N–H and O–H groups in total. The summed E-state index contributed by atoms with van der Waals surface area (Å²) in [6.45, 7) is 0. The molecule has 0 aliphatic carbocycles. The number of hydrogen-bond acceptors (Lipinski definition) is 3. The third-order valence-corrected chi connectivity index (χ3v) is 2.96. The minimum absolute atomic E-state index is 0.515. The number of hydrogen-bond donors (Lipinski definition) is 1. The number of nitrogens with two attached hydrogens (primary N) is 1. The summed E-state index contributed by atoms with van der Waals surface area (Å²) in [5, 5.41) is 0. The summed E-state index contributed by atoms with van der Waals surface area (Å²) < 4.78 is 11.8. The van der Waals surface area contributed by atoms with Crippen molar-refractivity contribution in [3.63, 3.8) is 0 Å². The molecule has 1 aromatic heterocycles. The molecule has 0 aliphatic rings. The molecule has 0 bridgehead atoms. The highest BCUT2D eigenvalue weighted by molar-refractivity contribution is 9.10. The van der Waals surface area contributed by atoms with Gasteiger partial charge in [0, 0.05) is 10.5 Å². The van der Waals surface area contributed by atoms with Gasteiger partial charge in [-0.2, -0.15) is 0 Å². The Morgan fingerprint density at radius 1 is 1.37 bits per heavy atom. The fraction of sp³-hybridized carbons (Fsp3) is 0.0714. The van der Waals surface area contributed by atoms with Crippen LogP contribution in [0.3, 0.4) is 0 Å². The van der Waals surface area contributed by atoms with E-state index in [9.17, 15) is 4.79 Å². The van der Waals surface area contributed by atoms with Crippen molar-refractivity contribution >= 4 is 27.9 Å². The van der Waals surface area contributed by atoms with E-state index in [1.54, 1.807) is 13.2 Å². The predicted octanol–water partition coefficient (Wildman–Crippen LogP) is 3.22. The Kier molecular flexibility index (Phi) is 4.06. The third kappa shape index (κ3) is 3.26. The van der Waals surface area contributed by atoms with E-state index in [1.165, 1.54) is 12.2 Å². The van der Waals surface area contributed by atoms with E-state index in [0.29, 0.717) is 17.3 Å². The molecular formula is C14H12BrNO3. The second-order valence-corrected chi connectivity index (χ2v) is 4.70. The van der Waals surface area contributed by atoms with Crippen LogP contribution in [0.25, 0.3) is 17.4 Å². The Hall–Kier alpha value is -2.01. The number of amides is 1. The lowest BCUT2D eigenvalue weighted by molar-refractivity contribution is -0.113. The first-order valence-corrected chi connectivity index (χ1v) is 6.30. The molecule has 0 aliphatic heterocycles. The van der Waals surface area contributed by atoms with Crippen molar-refractivity contribution in [3.05, 3.63) is 46.6 Å². The average Bonchev–Trinajstić information content (AvgIpc) is 2.84. The molecule has 1 amide bonds. The molecule has 98 valence electrons. The van der Waals surface area contributed by atoms with E-state index in [-0.39, 0.29) is 0 Å². The van der Waals surface area contributed by atoms with Crippen LogP contribution >= 0.6 is 15.9 Å². The van der Waals surface area contributed by atoms with E-state index < -0.39 is 5.91 Å². The molecule has 4 nitrogen and oxygen atoms in total. The Morgan fingerprint density at radius 2 is 2.16 bits per heavy atom. The number of carbonyl (C=O) groups excluding carboxylic acids is 1. The van der Waals surface area contributed by atoms with Crippen molar-refractivity contribution < 1.29 is 13.9 Å². The van der Waals surface area contributed by atoms with Crippen LogP contribution in [0.2, 0.25) is 0 Å². The lowest BCUT2D eigenvalue weighted by atomic mass is 10.1. The summed E-state index contributed by atoms with van der Waals surface area (Å²) in [5.41, 5.74) is 5.87. The first-order chi connectivity index (χ1) is 9.10. The lowest BCUT2D eigenvalue weighted by Crippen LogP contribution is -2.04. The smallest absolute Gasteiger partial charge is 0.241 e. The summed E-state index contributed by atoms with van der Waals surface area (Å²) >= 11 is 3.38. The normalized spacial score (nSPS) is 10.8. The molecule has 2 aromatic rings. The molecule has 0 atom stereocenters. The van der Waals surface area contributed by atoms with Gasteiger partial charge in [0.25, 0.3) is 0 Å². The van der Waals surface area contributed by atoms with Gasteiger partial charge in [0.2, 0.25) is 5.91 Å². The molecule has 2 rings (SSSR count). The molecule has 0 spiro atoms. The van der Waals surface area contributed by atoms with E-state index in [2.05, 4.69) is 15.9 Å². The van der Waals surface area contributed by atoms with Crippen molar-refractivity contribution in [2.45, 2.75) is 0 Å². The van der Waals surface area contributed by atoms with E-state index in [1.807, 2.05) is 24.3 Å². The number of carbonyl (C=O) groups is 1. The van der Waals surface area contributed by atoms with Gasteiger partial charge in [-0.05, 0) is 36.4 Å². The summed E-state index contributed by atoms with van der Waals surface area (Å²) in [7, 11) is 1.60. The van der Waals surface area contributed by atoms with Crippen LogP contribution in [-0.4, -0.2) is 13.0 Å². The summed E-state index contributed by atoms with van der Waals surface area (Å²) in [4.78, 5) is 10.7. The highest BCUT2D eigenvalue weighted by atomic mass is 79.9. The monoisotopic (exact) mass is 321 g/mol. The van der Waals surface area contributed by atoms with Crippen LogP contribution in [0.5, 0.6) is 5.75 Å². The topological polar surface area (TPSA) is 65.5 Å². The summed E-state index contributed by atoms with van der Waals surface area (Å²) in [6.07, 6.45) is 2.78. The molecule has 0 saturated carbocycles. The minimum Gasteiger partial charge on any atom is -0.496 e. The van der Waals surface area contributed by atoms with Crippen molar-refractivity contribution in [1.29, 1.82) is 0 Å². The first-order valence-electron chi connectivity index (χ1n) is 5.51. The fourth-order valence-corrected chi connectivity index (χ4v) is 1.96. The second kappa shape index (κ2) is 5.75. The van der Waals surface area contributed by atoms with E-state index >= 15 is 0 Å². The van der Waals surface area contributed by atoms with E-state index in [4.69, 9.17) is 14.9 Å². The van der Waals surface area contributed by atoms with Crippen LogP contribution in [0.15, 0.2) is 45.3 Å². The Labute approximate surface area is 119 Å². The average molecular weight is 322 g/mol. The third-order valence-electron chi connectivity index (χ3n) is 2.47. The predicted molar refractivity (Wildman–Crippen MR) is 76.6 cm³/mol. The van der Waals surface area contributed by atoms with Gasteiger partial charge in [-0.15, -0.1) is 0 Å². The van der Waals surface area contributed by atoms with Crippen molar-refractivity contribution in [2.24, 2.45) is 5.73 Å². The number of primary amides is 1. The minimum atomic E-state index is -0.515. The number of benzene rings is 1. The Bertz CT molecular complexity index is 631. The Balaban J connectivity index is 2.35. The highest BCUT2D eigenvalue weighted by Crippen LogP contribution is 2.33. The van der Waals surface area contributed by atoms with Crippen LogP contribution in [-0.2, 0) is 4.79 Å². The molecular weight excluding hydrogens is 310 g/mol. The standard InChI is InChI=1S/C14H12BrNO3/c1-18-13-8-9(15)2-5-11(13)12-6-3-10(19-12)4-7-14(16)17/h2-8H,1H3,(H2,16,17)/b7-4-. The number of furan rings is 1. The molecule has 5 heteroatoms. The molecule has 1 aromatic carbocycles. The SMILES string of the molecule is COc1cc(Br)ccc1-c1ccc(/C=C\C(N)=O)o1. The van der Waals surface area contributed by atoms with Crippen molar-refractivity contribution in [1.82, 2.24) is 0 Å². The van der Waals surface area contributed by atoms with Gasteiger partial charge in [-0.1, -0.05) is 15.9 Å². The van der Waals surface area contributed by atoms with Crippen molar-refractivity contribution in [2.75, 3.05) is 7.11 Å². The van der Waals surface area contributed by atoms with Gasteiger partial charge in [0.05, 0.1) is 12.7 Å². The van der Waals surface area contributed by atoms with Gasteiger partial charge in [0.15, 0.2) is 0 Å². The molecule has 1 heterocycles. The fourth-order valence-electron chi connectivity index (χ4n) is 1.62. The molecule has 0 fully saturated rings. The zero-order valence-corrected chi connectivity index (χ0v) is 11.8. The van der Waals surface area contributed by atoms with Gasteiger partial charge in [0.1, 0.15) is 17.3 Å². The zero-order valence-electron chi connectivity index (χ0n) is 10.2. The number of ether oxygens (including phenoxy) is 1. The van der Waals surface area contributed by atoms with Crippen molar-refractivity contribution in [3.8, 4) is 17.1 Å². The van der Waals surface area contributed by atoms with Gasteiger partial charge in [-0.25, -0.2) is 0 Å². The van der Waals surface area contributed by atoms with Crippen LogP contribution < -0.4 is 10.5 Å². The van der Waals surface area contributed by atoms with E-state index in [0.717, 1.165) is 10.0 Å². The molecule has 0 saturated heterocycles. The molecule has 0 radical (unpaired) electrons. The van der Waals surface area contributed by atoms with Crippen LogP contribution in [0.4, 0.5) is 0 Å². The Morgan fingerprint density at radius 3 is 2.84 bits per heavy atom. The number of rotatable bonds is 4. The first kappa shape index (κ1) is 13.4. The number of methoxy groups -OCH3 is 1. The number of halogens is 1. The van der Waals surface area contributed by atoms with Crippen LogP contribution in [0.1, 0.15) is 5.76 Å². The van der Waals surface area contributed by atoms with Gasteiger partial charge >= 0.3 is 0 Å². The lowest BCUT2D eigenvalue weighted by Gasteiger charge is -2.06. The largest absolute Gasteiger partial charge is 0.496 e. The maximum atomic E-state index is 10.7. The molecule has 0 unspecified atom stereocenters. The van der Waals surface area contributed by atoms with Crippen LogP contribution in [0, 0.1) is 0 Å². The molecule has 19 heavy (non-hydrogen) atoms. The second-order valence-electron chi connectivity index (χ2n) is 3.78. The maximum absolute atomic E-state index is 10.7. The maximum Gasteiger partial charge on any atom is 0.241 e.